The van der Waals surface area contributed by atoms with Crippen molar-refractivity contribution in [3.05, 3.63) is 65.2 Å². The zero-order valence-electron chi connectivity index (χ0n) is 15.1. The average Bonchev–Trinajstić information content (AvgIpc) is 2.63. The quantitative estimate of drug-likeness (QED) is 0.541. The van der Waals surface area contributed by atoms with E-state index in [1.807, 2.05) is 0 Å². The van der Waals surface area contributed by atoms with Crippen molar-refractivity contribution in [3.63, 3.8) is 0 Å². The molecule has 0 bridgehead atoms. The van der Waals surface area contributed by atoms with Crippen molar-refractivity contribution in [1.29, 1.82) is 0 Å². The summed E-state index contributed by atoms with van der Waals surface area (Å²) in [5.41, 5.74) is -0.679. The van der Waals surface area contributed by atoms with Gasteiger partial charge in [-0.05, 0) is 31.2 Å². The molecule has 29 heavy (non-hydrogen) atoms. The largest absolute Gasteiger partial charge is 0.452 e. The van der Waals surface area contributed by atoms with Gasteiger partial charge in [0.05, 0.1) is 17.7 Å². The maximum Gasteiger partial charge on any atom is 0.308 e. The van der Waals surface area contributed by atoms with E-state index in [0.29, 0.717) is 12.1 Å². The first kappa shape index (κ1) is 21.9. The summed E-state index contributed by atoms with van der Waals surface area (Å²) >= 11 is 0. The molecule has 1 atom stereocenters. The van der Waals surface area contributed by atoms with Crippen LogP contribution in [0, 0.1) is 23.3 Å². The molecular formula is C19H16F4N2O4. The highest BCUT2D eigenvalue weighted by molar-refractivity contribution is 5.95. The van der Waals surface area contributed by atoms with Crippen molar-refractivity contribution in [3.8, 4) is 0 Å². The Morgan fingerprint density at radius 2 is 1.59 bits per heavy atom. The van der Waals surface area contributed by atoms with Crippen LogP contribution in [0.2, 0.25) is 0 Å². The maximum absolute atomic E-state index is 13.5. The number of hydrogen-bond acceptors (Lipinski definition) is 4. The molecule has 10 heteroatoms. The van der Waals surface area contributed by atoms with E-state index in [1.54, 1.807) is 0 Å². The lowest BCUT2D eigenvalue weighted by Crippen LogP contribution is -2.32. The number of amides is 2. The van der Waals surface area contributed by atoms with Crippen molar-refractivity contribution >= 4 is 23.5 Å². The van der Waals surface area contributed by atoms with Crippen LogP contribution in [-0.4, -0.2) is 30.4 Å². The highest BCUT2D eigenvalue weighted by Crippen LogP contribution is 2.15. The molecule has 2 aromatic rings. The van der Waals surface area contributed by atoms with E-state index < -0.39 is 52.7 Å². The standard InChI is InChI=1S/C19H16F4N2O4/c1-10(18(27)25-16-5-3-12(21)9-15(16)23)29-17(26)6-7-24-19(28)13-4-2-11(20)8-14(13)22/h2-5,8-10H,6-7H2,1H3,(H,24,28)(H,25,27). The third-order valence-electron chi connectivity index (χ3n) is 3.66. The molecule has 0 saturated carbocycles. The van der Waals surface area contributed by atoms with Gasteiger partial charge in [-0.3, -0.25) is 14.4 Å². The van der Waals surface area contributed by atoms with E-state index in [0.717, 1.165) is 24.3 Å². The first-order valence-corrected chi connectivity index (χ1v) is 8.36. The number of anilines is 1. The minimum Gasteiger partial charge on any atom is -0.452 e. The molecule has 2 N–H and O–H groups in total. The van der Waals surface area contributed by atoms with Crippen molar-refractivity contribution in [2.75, 3.05) is 11.9 Å². The Morgan fingerprint density at radius 1 is 0.966 bits per heavy atom. The first-order chi connectivity index (χ1) is 13.7. The summed E-state index contributed by atoms with van der Waals surface area (Å²) in [7, 11) is 0. The van der Waals surface area contributed by atoms with Crippen molar-refractivity contribution in [2.24, 2.45) is 0 Å². The average molecular weight is 412 g/mol. The van der Waals surface area contributed by atoms with Gasteiger partial charge in [0.25, 0.3) is 11.8 Å². The smallest absolute Gasteiger partial charge is 0.308 e. The van der Waals surface area contributed by atoms with Crippen LogP contribution >= 0.6 is 0 Å². The minimum absolute atomic E-state index is 0.227. The fraction of sp³-hybridized carbons (Fsp3) is 0.211. The summed E-state index contributed by atoms with van der Waals surface area (Å²) < 4.78 is 57.5. The summed E-state index contributed by atoms with van der Waals surface area (Å²) in [6.45, 7) is 1.01. The first-order valence-electron chi connectivity index (χ1n) is 8.36. The molecule has 0 saturated heterocycles. The number of hydrogen-bond donors (Lipinski definition) is 2. The summed E-state index contributed by atoms with van der Waals surface area (Å²) in [5.74, 6) is -6.25. The van der Waals surface area contributed by atoms with Crippen LogP contribution in [-0.2, 0) is 14.3 Å². The Morgan fingerprint density at radius 3 is 2.21 bits per heavy atom. The van der Waals surface area contributed by atoms with Gasteiger partial charge in [-0.2, -0.15) is 0 Å². The zero-order chi connectivity index (χ0) is 21.6. The lowest BCUT2D eigenvalue weighted by Gasteiger charge is -2.14. The lowest BCUT2D eigenvalue weighted by molar-refractivity contribution is -0.153. The Balaban J connectivity index is 1.79. The Hall–Kier alpha value is -3.43. The van der Waals surface area contributed by atoms with Crippen molar-refractivity contribution in [2.45, 2.75) is 19.4 Å². The number of benzene rings is 2. The zero-order valence-corrected chi connectivity index (χ0v) is 15.1. The molecule has 2 rings (SSSR count). The second-order valence-corrected chi connectivity index (χ2v) is 5.88. The normalized spacial score (nSPS) is 11.5. The van der Waals surface area contributed by atoms with Crippen LogP contribution in [0.15, 0.2) is 36.4 Å². The second-order valence-electron chi connectivity index (χ2n) is 5.88. The van der Waals surface area contributed by atoms with Gasteiger partial charge in [-0.1, -0.05) is 0 Å². The fourth-order valence-electron chi connectivity index (χ4n) is 2.18. The Bertz CT molecular complexity index is 936. The van der Waals surface area contributed by atoms with E-state index in [4.69, 9.17) is 4.74 Å². The van der Waals surface area contributed by atoms with Crippen LogP contribution < -0.4 is 10.6 Å². The molecule has 0 aromatic heterocycles. The number of esters is 1. The van der Waals surface area contributed by atoms with E-state index in [1.165, 1.54) is 6.92 Å². The number of carbonyl (C=O) groups is 3. The third-order valence-corrected chi connectivity index (χ3v) is 3.66. The van der Waals surface area contributed by atoms with Gasteiger partial charge in [-0.15, -0.1) is 0 Å². The Labute approximate surface area is 162 Å². The summed E-state index contributed by atoms with van der Waals surface area (Å²) in [4.78, 5) is 35.5. The summed E-state index contributed by atoms with van der Waals surface area (Å²) in [6.07, 6.45) is -1.63. The fourth-order valence-corrected chi connectivity index (χ4v) is 2.18. The van der Waals surface area contributed by atoms with Gasteiger partial charge in [0.1, 0.15) is 23.3 Å². The molecule has 6 nitrogen and oxygen atoms in total. The predicted octanol–water partition coefficient (Wildman–Crippen LogP) is 2.93. The Kier molecular flexibility index (Phi) is 7.29. The molecule has 1 unspecified atom stereocenters. The van der Waals surface area contributed by atoms with E-state index in [2.05, 4.69) is 10.6 Å². The SMILES string of the molecule is CC(OC(=O)CCNC(=O)c1ccc(F)cc1F)C(=O)Nc1ccc(F)cc1F. The van der Waals surface area contributed by atoms with E-state index in [-0.39, 0.29) is 18.7 Å². The third kappa shape index (κ3) is 6.30. The molecule has 0 spiro atoms. The molecule has 0 heterocycles. The number of carbonyl (C=O) groups excluding carboxylic acids is 3. The topological polar surface area (TPSA) is 84.5 Å². The number of halogens is 4. The van der Waals surface area contributed by atoms with Gasteiger partial charge in [0, 0.05) is 18.7 Å². The maximum atomic E-state index is 13.5. The molecule has 154 valence electrons. The van der Waals surface area contributed by atoms with E-state index in [9.17, 15) is 31.9 Å². The molecule has 0 fully saturated rings. The number of ether oxygens (including phenoxy) is 1. The molecular weight excluding hydrogens is 396 g/mol. The highest BCUT2D eigenvalue weighted by Gasteiger charge is 2.20. The van der Waals surface area contributed by atoms with Crippen LogP contribution in [0.5, 0.6) is 0 Å². The molecule has 2 aromatic carbocycles. The van der Waals surface area contributed by atoms with E-state index >= 15 is 0 Å². The molecule has 0 radical (unpaired) electrons. The highest BCUT2D eigenvalue weighted by atomic mass is 19.1. The van der Waals surface area contributed by atoms with Crippen LogP contribution in [0.4, 0.5) is 23.2 Å². The van der Waals surface area contributed by atoms with Crippen LogP contribution in [0.3, 0.4) is 0 Å². The minimum atomic E-state index is -1.29. The summed E-state index contributed by atoms with van der Waals surface area (Å²) in [5, 5.41) is 4.41. The molecule has 2 amide bonds. The van der Waals surface area contributed by atoms with Gasteiger partial charge >= 0.3 is 5.97 Å². The van der Waals surface area contributed by atoms with Crippen LogP contribution in [0.1, 0.15) is 23.7 Å². The van der Waals surface area contributed by atoms with Crippen LogP contribution in [0.25, 0.3) is 0 Å². The summed E-state index contributed by atoms with van der Waals surface area (Å²) in [6, 6.07) is 4.96. The lowest BCUT2D eigenvalue weighted by atomic mass is 10.2. The molecule has 0 aliphatic rings. The second kappa shape index (κ2) is 9.67. The van der Waals surface area contributed by atoms with Gasteiger partial charge in [-0.25, -0.2) is 17.6 Å². The van der Waals surface area contributed by atoms with Gasteiger partial charge in [0.2, 0.25) is 0 Å². The number of rotatable bonds is 7. The van der Waals surface area contributed by atoms with Gasteiger partial charge in [0.15, 0.2) is 6.10 Å². The van der Waals surface area contributed by atoms with Gasteiger partial charge < -0.3 is 15.4 Å². The monoisotopic (exact) mass is 412 g/mol. The van der Waals surface area contributed by atoms with Crippen molar-refractivity contribution in [1.82, 2.24) is 5.32 Å². The van der Waals surface area contributed by atoms with Crippen molar-refractivity contribution < 1.29 is 36.7 Å². The number of nitrogens with one attached hydrogen (secondary N) is 2. The molecule has 0 aliphatic carbocycles. The molecule has 0 aliphatic heterocycles. The predicted molar refractivity (Wildman–Crippen MR) is 93.8 cm³/mol.